The molecule has 1 aromatic heterocycles. The highest BCUT2D eigenvalue weighted by atomic mass is 32.1. The van der Waals surface area contributed by atoms with Gasteiger partial charge in [0.05, 0.1) is 11.6 Å². The number of nitrogens with zero attached hydrogens (tertiary/aromatic N) is 1. The van der Waals surface area contributed by atoms with E-state index in [1.54, 1.807) is 11.3 Å². The van der Waals surface area contributed by atoms with E-state index in [0.29, 0.717) is 0 Å². The van der Waals surface area contributed by atoms with Crippen molar-refractivity contribution in [3.8, 4) is 0 Å². The lowest BCUT2D eigenvalue weighted by molar-refractivity contribution is 0.697. The highest BCUT2D eigenvalue weighted by Crippen LogP contribution is 2.28. The summed E-state index contributed by atoms with van der Waals surface area (Å²) in [5.41, 5.74) is 5.91. The van der Waals surface area contributed by atoms with Gasteiger partial charge in [-0.2, -0.15) is 0 Å². The molecule has 1 aromatic carbocycles. The molecule has 0 bridgehead atoms. The molecule has 0 aliphatic heterocycles. The first-order chi connectivity index (χ1) is 7.74. The van der Waals surface area contributed by atoms with Crippen LogP contribution in [-0.2, 0) is 0 Å². The molecule has 1 atom stereocenters. The third-order valence-corrected chi connectivity index (χ3v) is 3.82. The molecular formula is C13H16N2S. The third-order valence-electron chi connectivity index (χ3n) is 2.98. The Hall–Kier alpha value is -1.19. The topological polar surface area (TPSA) is 24.9 Å². The predicted octanol–water partition coefficient (Wildman–Crippen LogP) is 3.07. The van der Waals surface area contributed by atoms with Crippen molar-refractivity contribution in [1.29, 1.82) is 0 Å². The first kappa shape index (κ1) is 11.3. The van der Waals surface area contributed by atoms with Gasteiger partial charge in [-0.25, -0.2) is 0 Å². The Balaban J connectivity index is 2.45. The molecule has 1 heterocycles. The normalized spacial score (nSPS) is 12.7. The maximum atomic E-state index is 4.15. The van der Waals surface area contributed by atoms with Crippen LogP contribution in [0.1, 0.15) is 27.6 Å². The largest absolute Gasteiger partial charge is 0.309 e. The molecule has 1 N–H and O–H groups in total. The van der Waals surface area contributed by atoms with E-state index >= 15 is 0 Å². The van der Waals surface area contributed by atoms with E-state index in [9.17, 15) is 0 Å². The standard InChI is InChI=1S/C13H16N2S/c1-9-5-4-6-11(10(9)2)13(14-3)12-7-15-8-16-12/h4-8,13-14H,1-3H3. The van der Waals surface area contributed by atoms with E-state index in [4.69, 9.17) is 0 Å². The van der Waals surface area contributed by atoms with Crippen LogP contribution in [0.2, 0.25) is 0 Å². The molecule has 84 valence electrons. The highest BCUT2D eigenvalue weighted by molar-refractivity contribution is 7.09. The second kappa shape index (κ2) is 4.76. The lowest BCUT2D eigenvalue weighted by atomic mass is 9.97. The van der Waals surface area contributed by atoms with Gasteiger partial charge >= 0.3 is 0 Å². The fourth-order valence-electron chi connectivity index (χ4n) is 1.91. The van der Waals surface area contributed by atoms with Crippen molar-refractivity contribution in [2.45, 2.75) is 19.9 Å². The second-order valence-electron chi connectivity index (χ2n) is 3.91. The molecular weight excluding hydrogens is 216 g/mol. The van der Waals surface area contributed by atoms with Gasteiger partial charge in [-0.15, -0.1) is 11.3 Å². The minimum atomic E-state index is 0.257. The molecule has 16 heavy (non-hydrogen) atoms. The van der Waals surface area contributed by atoms with Crippen molar-refractivity contribution in [3.05, 3.63) is 51.5 Å². The summed E-state index contributed by atoms with van der Waals surface area (Å²) in [5.74, 6) is 0. The third kappa shape index (κ3) is 2.01. The van der Waals surface area contributed by atoms with Crippen LogP contribution in [0, 0.1) is 13.8 Å². The molecule has 0 amide bonds. The van der Waals surface area contributed by atoms with Crippen LogP contribution in [0.5, 0.6) is 0 Å². The molecule has 0 aliphatic carbocycles. The van der Waals surface area contributed by atoms with Crippen molar-refractivity contribution in [1.82, 2.24) is 10.3 Å². The van der Waals surface area contributed by atoms with Crippen LogP contribution < -0.4 is 5.32 Å². The average molecular weight is 232 g/mol. The smallest absolute Gasteiger partial charge is 0.0794 e. The maximum absolute atomic E-state index is 4.15. The molecule has 2 nitrogen and oxygen atoms in total. The summed E-state index contributed by atoms with van der Waals surface area (Å²) >= 11 is 1.69. The van der Waals surface area contributed by atoms with Crippen molar-refractivity contribution >= 4 is 11.3 Å². The number of aryl methyl sites for hydroxylation is 1. The predicted molar refractivity (Wildman–Crippen MR) is 68.9 cm³/mol. The summed E-state index contributed by atoms with van der Waals surface area (Å²) in [6, 6.07) is 6.71. The summed E-state index contributed by atoms with van der Waals surface area (Å²) in [6.07, 6.45) is 1.94. The Morgan fingerprint density at radius 3 is 2.75 bits per heavy atom. The van der Waals surface area contributed by atoms with Gasteiger partial charge in [0.15, 0.2) is 0 Å². The Bertz CT molecular complexity index is 463. The van der Waals surface area contributed by atoms with Crippen LogP contribution in [0.15, 0.2) is 29.9 Å². The Kier molecular flexibility index (Phi) is 3.36. The van der Waals surface area contributed by atoms with E-state index in [2.05, 4.69) is 42.3 Å². The summed E-state index contributed by atoms with van der Waals surface area (Å²) in [6.45, 7) is 4.33. The quantitative estimate of drug-likeness (QED) is 0.879. The molecule has 0 saturated carbocycles. The van der Waals surface area contributed by atoms with E-state index < -0.39 is 0 Å². The van der Waals surface area contributed by atoms with Gasteiger partial charge < -0.3 is 5.32 Å². The first-order valence-corrected chi connectivity index (χ1v) is 6.23. The molecule has 2 aromatic rings. The van der Waals surface area contributed by atoms with Crippen LogP contribution in [0.3, 0.4) is 0 Å². The molecule has 3 heteroatoms. The maximum Gasteiger partial charge on any atom is 0.0794 e. The number of aromatic nitrogens is 1. The monoisotopic (exact) mass is 232 g/mol. The van der Waals surface area contributed by atoms with Gasteiger partial charge in [0.25, 0.3) is 0 Å². The molecule has 0 aliphatic rings. The summed E-state index contributed by atoms with van der Waals surface area (Å²) < 4.78 is 0. The van der Waals surface area contributed by atoms with Crippen molar-refractivity contribution in [2.24, 2.45) is 0 Å². The molecule has 0 spiro atoms. The summed E-state index contributed by atoms with van der Waals surface area (Å²) in [4.78, 5) is 5.41. The first-order valence-electron chi connectivity index (χ1n) is 5.35. The van der Waals surface area contributed by atoms with Gasteiger partial charge in [-0.1, -0.05) is 18.2 Å². The molecule has 1 unspecified atom stereocenters. The van der Waals surface area contributed by atoms with Crippen LogP contribution in [0.25, 0.3) is 0 Å². The summed E-state index contributed by atoms with van der Waals surface area (Å²) in [5, 5.41) is 3.36. The number of hydrogen-bond donors (Lipinski definition) is 1. The number of benzene rings is 1. The fourth-order valence-corrected chi connectivity index (χ4v) is 2.65. The van der Waals surface area contributed by atoms with Gasteiger partial charge in [-0.05, 0) is 37.6 Å². The number of nitrogens with one attached hydrogen (secondary N) is 1. The van der Waals surface area contributed by atoms with Gasteiger partial charge in [-0.3, -0.25) is 4.98 Å². The van der Waals surface area contributed by atoms with E-state index in [1.165, 1.54) is 21.6 Å². The number of hydrogen-bond acceptors (Lipinski definition) is 3. The average Bonchev–Trinajstić information content (AvgIpc) is 2.79. The lowest BCUT2D eigenvalue weighted by Gasteiger charge is -2.18. The minimum absolute atomic E-state index is 0.257. The second-order valence-corrected chi connectivity index (χ2v) is 4.83. The lowest BCUT2D eigenvalue weighted by Crippen LogP contribution is -2.17. The van der Waals surface area contributed by atoms with Gasteiger partial charge in [0.1, 0.15) is 0 Å². The highest BCUT2D eigenvalue weighted by Gasteiger charge is 2.15. The Morgan fingerprint density at radius 2 is 2.12 bits per heavy atom. The zero-order valence-corrected chi connectivity index (χ0v) is 10.6. The summed E-state index contributed by atoms with van der Waals surface area (Å²) in [7, 11) is 1.99. The Morgan fingerprint density at radius 1 is 1.31 bits per heavy atom. The molecule has 0 radical (unpaired) electrons. The van der Waals surface area contributed by atoms with Gasteiger partial charge in [0, 0.05) is 11.1 Å². The zero-order valence-electron chi connectivity index (χ0n) is 9.82. The number of rotatable bonds is 3. The van der Waals surface area contributed by atoms with Crippen LogP contribution in [0.4, 0.5) is 0 Å². The SMILES string of the molecule is CNC(c1cncs1)c1cccc(C)c1C. The molecule has 0 fully saturated rings. The van der Waals surface area contributed by atoms with Crippen LogP contribution >= 0.6 is 11.3 Å². The Labute approximate surface area is 100 Å². The van der Waals surface area contributed by atoms with Crippen molar-refractivity contribution in [2.75, 3.05) is 7.05 Å². The van der Waals surface area contributed by atoms with E-state index in [1.807, 2.05) is 18.8 Å². The van der Waals surface area contributed by atoms with Crippen LogP contribution in [-0.4, -0.2) is 12.0 Å². The van der Waals surface area contributed by atoms with Crippen molar-refractivity contribution in [3.63, 3.8) is 0 Å². The van der Waals surface area contributed by atoms with E-state index in [-0.39, 0.29) is 6.04 Å². The minimum Gasteiger partial charge on any atom is -0.309 e. The molecule has 2 rings (SSSR count). The van der Waals surface area contributed by atoms with Gasteiger partial charge in [0.2, 0.25) is 0 Å². The molecule has 0 saturated heterocycles. The van der Waals surface area contributed by atoms with Crippen molar-refractivity contribution < 1.29 is 0 Å². The van der Waals surface area contributed by atoms with E-state index in [0.717, 1.165) is 0 Å². The fraction of sp³-hybridized carbons (Fsp3) is 0.308. The number of thiazole rings is 1. The zero-order chi connectivity index (χ0) is 11.5.